The summed E-state index contributed by atoms with van der Waals surface area (Å²) in [7, 11) is 0. The first-order valence-corrected chi connectivity index (χ1v) is 8.20. The Morgan fingerprint density at radius 1 is 1.24 bits per heavy atom. The van der Waals surface area contributed by atoms with Crippen molar-refractivity contribution in [3.8, 4) is 17.1 Å². The summed E-state index contributed by atoms with van der Waals surface area (Å²) in [4.78, 5) is 17.3. The molecule has 0 unspecified atom stereocenters. The number of H-pyrrole nitrogens is 1. The third kappa shape index (κ3) is 3.02. The molecule has 0 atom stereocenters. The Morgan fingerprint density at radius 2 is 2.08 bits per heavy atom. The lowest BCUT2D eigenvalue weighted by Crippen LogP contribution is -2.13. The number of amides is 1. The monoisotopic (exact) mass is 352 g/mol. The summed E-state index contributed by atoms with van der Waals surface area (Å²) in [6.07, 6.45) is 1.45. The molecule has 4 aromatic rings. The molecule has 0 bridgehead atoms. The number of hydrogen-bond acceptors (Lipinski definition) is 7. The lowest BCUT2D eigenvalue weighted by Gasteiger charge is -2.06. The van der Waals surface area contributed by atoms with E-state index in [9.17, 15) is 4.79 Å². The van der Waals surface area contributed by atoms with Crippen LogP contribution in [0.25, 0.3) is 17.1 Å². The third-order valence-corrected chi connectivity index (χ3v) is 4.35. The molecule has 2 N–H and O–H groups in total. The van der Waals surface area contributed by atoms with Gasteiger partial charge in [0.15, 0.2) is 5.82 Å². The Kier molecular flexibility index (Phi) is 3.78. The zero-order valence-corrected chi connectivity index (χ0v) is 13.9. The first kappa shape index (κ1) is 15.1. The Hall–Kier alpha value is -3.40. The van der Waals surface area contributed by atoms with Gasteiger partial charge in [-0.2, -0.15) is 9.78 Å². The van der Waals surface area contributed by atoms with Crippen LogP contribution in [0.5, 0.6) is 0 Å². The van der Waals surface area contributed by atoms with Crippen molar-refractivity contribution in [3.05, 3.63) is 52.7 Å². The smallest absolute Gasteiger partial charge is 0.267 e. The summed E-state index contributed by atoms with van der Waals surface area (Å²) in [5.41, 5.74) is 2.19. The number of thiophene rings is 1. The number of nitrogens with one attached hydrogen (secondary N) is 2. The first-order valence-electron chi connectivity index (χ1n) is 7.32. The quantitative estimate of drug-likeness (QED) is 0.581. The molecule has 4 rings (SSSR count). The van der Waals surface area contributed by atoms with Crippen molar-refractivity contribution in [2.24, 2.45) is 0 Å². The summed E-state index contributed by atoms with van der Waals surface area (Å²) in [6.45, 7) is 1.84. The molecule has 0 saturated carbocycles. The van der Waals surface area contributed by atoms with Crippen LogP contribution in [0.4, 0.5) is 5.69 Å². The molecule has 25 heavy (non-hydrogen) atoms. The second-order valence-electron chi connectivity index (χ2n) is 5.17. The number of carbonyl (C=O) groups is 1. The molecule has 0 saturated heterocycles. The van der Waals surface area contributed by atoms with Gasteiger partial charge in [0.25, 0.3) is 5.91 Å². The predicted molar refractivity (Wildman–Crippen MR) is 91.5 cm³/mol. The largest absolute Gasteiger partial charge is 0.321 e. The lowest BCUT2D eigenvalue weighted by atomic mass is 10.2. The molecule has 0 aliphatic heterocycles. The molecule has 0 radical (unpaired) electrons. The van der Waals surface area contributed by atoms with Crippen molar-refractivity contribution in [1.29, 1.82) is 0 Å². The number of aromatic amines is 1. The number of hydrogen-bond donors (Lipinski definition) is 2. The Labute approximate surface area is 145 Å². The SMILES string of the molecule is Cc1nc(-c2ccc(NC(=O)c3sccc3-n3cnnn3)cc2)n[nH]1. The number of anilines is 1. The van der Waals surface area contributed by atoms with E-state index in [-0.39, 0.29) is 5.91 Å². The average Bonchev–Trinajstić information content (AvgIpc) is 3.36. The van der Waals surface area contributed by atoms with Crippen LogP contribution < -0.4 is 5.32 Å². The summed E-state index contributed by atoms with van der Waals surface area (Å²) in [6, 6.07) is 9.13. The molecule has 3 aromatic heterocycles. The van der Waals surface area contributed by atoms with E-state index in [1.165, 1.54) is 22.3 Å². The maximum atomic E-state index is 12.5. The maximum absolute atomic E-state index is 12.5. The molecule has 0 aliphatic rings. The van der Waals surface area contributed by atoms with Crippen LogP contribution in [0.15, 0.2) is 42.0 Å². The van der Waals surface area contributed by atoms with Gasteiger partial charge in [0.2, 0.25) is 0 Å². The van der Waals surface area contributed by atoms with Gasteiger partial charge in [-0.3, -0.25) is 9.89 Å². The first-order chi connectivity index (χ1) is 12.2. The van der Waals surface area contributed by atoms with Crippen LogP contribution in [0, 0.1) is 6.92 Å². The maximum Gasteiger partial charge on any atom is 0.267 e. The number of rotatable bonds is 4. The molecule has 10 heteroatoms. The van der Waals surface area contributed by atoms with Gasteiger partial charge >= 0.3 is 0 Å². The molecule has 0 aliphatic carbocycles. The number of benzene rings is 1. The van der Waals surface area contributed by atoms with Crippen LogP contribution in [0.2, 0.25) is 0 Å². The highest BCUT2D eigenvalue weighted by Gasteiger charge is 2.16. The van der Waals surface area contributed by atoms with Gasteiger partial charge in [0.05, 0.1) is 5.69 Å². The van der Waals surface area contributed by atoms with Gasteiger partial charge in [-0.05, 0) is 53.1 Å². The predicted octanol–water partition coefficient (Wildman–Crippen LogP) is 2.07. The fraction of sp³-hybridized carbons (Fsp3) is 0.0667. The summed E-state index contributed by atoms with van der Waals surface area (Å²) < 4.78 is 1.46. The molecule has 1 amide bonds. The van der Waals surface area contributed by atoms with E-state index in [1.807, 2.05) is 36.6 Å². The van der Waals surface area contributed by atoms with Crippen molar-refractivity contribution < 1.29 is 4.79 Å². The van der Waals surface area contributed by atoms with Crippen molar-refractivity contribution in [2.45, 2.75) is 6.92 Å². The topological polar surface area (TPSA) is 114 Å². The number of tetrazole rings is 1. The molecule has 124 valence electrons. The van der Waals surface area contributed by atoms with Crippen LogP contribution in [0.1, 0.15) is 15.5 Å². The van der Waals surface area contributed by atoms with Gasteiger partial charge in [-0.25, -0.2) is 4.98 Å². The van der Waals surface area contributed by atoms with Gasteiger partial charge in [0, 0.05) is 11.3 Å². The minimum Gasteiger partial charge on any atom is -0.321 e. The highest BCUT2D eigenvalue weighted by Crippen LogP contribution is 2.23. The molecular formula is C15H12N8OS. The van der Waals surface area contributed by atoms with E-state index >= 15 is 0 Å². The van der Waals surface area contributed by atoms with Gasteiger partial charge in [-0.15, -0.1) is 16.4 Å². The molecule has 1 aromatic carbocycles. The van der Waals surface area contributed by atoms with Crippen LogP contribution >= 0.6 is 11.3 Å². The lowest BCUT2D eigenvalue weighted by molar-refractivity contribution is 0.103. The van der Waals surface area contributed by atoms with E-state index in [0.717, 1.165) is 11.4 Å². The number of aromatic nitrogens is 7. The van der Waals surface area contributed by atoms with Crippen LogP contribution in [0.3, 0.4) is 0 Å². The number of aryl methyl sites for hydroxylation is 1. The zero-order chi connectivity index (χ0) is 17.2. The average molecular weight is 352 g/mol. The zero-order valence-electron chi connectivity index (χ0n) is 13.0. The standard InChI is InChI=1S/C15H12N8OS/c1-9-17-14(20-19-9)10-2-4-11(5-3-10)18-15(24)13-12(6-7-25-13)23-8-16-21-22-23/h2-8H,1H3,(H,18,24)(H,17,19,20). The third-order valence-electron chi connectivity index (χ3n) is 3.44. The Morgan fingerprint density at radius 3 is 2.76 bits per heavy atom. The van der Waals surface area contributed by atoms with E-state index in [1.54, 1.807) is 6.07 Å². The molecule has 0 fully saturated rings. The number of nitrogens with zero attached hydrogens (tertiary/aromatic N) is 6. The Balaban J connectivity index is 1.53. The van der Waals surface area contributed by atoms with Crippen molar-refractivity contribution >= 4 is 22.9 Å². The molecule has 9 nitrogen and oxygen atoms in total. The molecule has 3 heterocycles. The summed E-state index contributed by atoms with van der Waals surface area (Å²) >= 11 is 1.33. The van der Waals surface area contributed by atoms with Crippen LogP contribution in [-0.2, 0) is 0 Å². The minimum absolute atomic E-state index is 0.220. The minimum atomic E-state index is -0.220. The van der Waals surface area contributed by atoms with E-state index < -0.39 is 0 Å². The molecule has 0 spiro atoms. The number of carbonyl (C=O) groups excluding carboxylic acids is 1. The van der Waals surface area contributed by atoms with Crippen molar-refractivity contribution in [3.63, 3.8) is 0 Å². The Bertz CT molecular complexity index is 1000. The summed E-state index contributed by atoms with van der Waals surface area (Å²) in [5, 5.41) is 22.6. The van der Waals surface area contributed by atoms with E-state index in [0.29, 0.717) is 22.1 Å². The molecular weight excluding hydrogens is 340 g/mol. The second-order valence-corrected chi connectivity index (χ2v) is 6.08. The van der Waals surface area contributed by atoms with Crippen molar-refractivity contribution in [1.82, 2.24) is 35.4 Å². The second kappa shape index (κ2) is 6.24. The van der Waals surface area contributed by atoms with Gasteiger partial charge in [-0.1, -0.05) is 0 Å². The van der Waals surface area contributed by atoms with Gasteiger partial charge in [0.1, 0.15) is 17.0 Å². The van der Waals surface area contributed by atoms with E-state index in [4.69, 9.17) is 0 Å². The van der Waals surface area contributed by atoms with Crippen molar-refractivity contribution in [2.75, 3.05) is 5.32 Å². The van der Waals surface area contributed by atoms with Gasteiger partial charge < -0.3 is 5.32 Å². The highest BCUT2D eigenvalue weighted by molar-refractivity contribution is 7.12. The van der Waals surface area contributed by atoms with Crippen LogP contribution in [-0.4, -0.2) is 41.3 Å². The fourth-order valence-corrected chi connectivity index (χ4v) is 3.06. The van der Waals surface area contributed by atoms with E-state index in [2.05, 4.69) is 36.0 Å². The normalized spacial score (nSPS) is 10.8. The highest BCUT2D eigenvalue weighted by atomic mass is 32.1. The summed E-state index contributed by atoms with van der Waals surface area (Å²) in [5.74, 6) is 1.15. The fourth-order valence-electron chi connectivity index (χ4n) is 2.29.